The van der Waals surface area contributed by atoms with Crippen LogP contribution in [0.3, 0.4) is 0 Å². The summed E-state index contributed by atoms with van der Waals surface area (Å²) >= 11 is 2.03. The predicted octanol–water partition coefficient (Wildman–Crippen LogP) is 2.19. The highest BCUT2D eigenvalue weighted by Crippen LogP contribution is 2.28. The van der Waals surface area contributed by atoms with Crippen molar-refractivity contribution in [2.45, 2.75) is 6.92 Å². The first-order chi connectivity index (χ1) is 7.65. The lowest BCUT2D eigenvalue weighted by Crippen LogP contribution is -2.20. The van der Waals surface area contributed by atoms with Gasteiger partial charge in [-0.3, -0.25) is 10.1 Å². The van der Waals surface area contributed by atoms with E-state index in [4.69, 9.17) is 4.74 Å². The number of rotatable bonds is 6. The van der Waals surface area contributed by atoms with Gasteiger partial charge in [-0.25, -0.2) is 0 Å². The van der Waals surface area contributed by atoms with Gasteiger partial charge in [-0.1, -0.05) is 6.92 Å². The van der Waals surface area contributed by atoms with Crippen molar-refractivity contribution in [2.75, 3.05) is 19.7 Å². The zero-order valence-electron chi connectivity index (χ0n) is 8.90. The van der Waals surface area contributed by atoms with Gasteiger partial charge in [0.2, 0.25) is 0 Å². The number of ether oxygens (including phenoxy) is 1. The lowest BCUT2D eigenvalue weighted by atomic mass is 10.3. The minimum atomic E-state index is -0.426. The molecule has 6 heteroatoms. The number of benzene rings is 1. The van der Waals surface area contributed by atoms with Gasteiger partial charge in [0.1, 0.15) is 6.61 Å². The minimum absolute atomic E-state index is 0.0170. The van der Waals surface area contributed by atoms with Crippen molar-refractivity contribution in [3.05, 3.63) is 31.9 Å². The molecule has 0 spiro atoms. The lowest BCUT2D eigenvalue weighted by Gasteiger charge is -2.07. The predicted molar refractivity (Wildman–Crippen MR) is 69.9 cm³/mol. The molecule has 1 aromatic rings. The molecule has 0 aliphatic heterocycles. The third-order valence-corrected chi connectivity index (χ3v) is 2.58. The molecule has 0 amide bonds. The normalized spacial score (nSPS) is 10.1. The van der Waals surface area contributed by atoms with Gasteiger partial charge in [-0.15, -0.1) is 0 Å². The number of hydrogen-bond acceptors (Lipinski definition) is 4. The van der Waals surface area contributed by atoms with E-state index in [1.165, 1.54) is 6.07 Å². The largest absolute Gasteiger partial charge is 0.485 e. The third kappa shape index (κ3) is 3.93. The van der Waals surface area contributed by atoms with Crippen LogP contribution in [0, 0.1) is 13.7 Å². The maximum Gasteiger partial charge on any atom is 0.311 e. The molecule has 1 N–H and O–H groups in total. The second-order valence-corrected chi connectivity index (χ2v) is 4.32. The zero-order valence-corrected chi connectivity index (χ0v) is 11.1. The molecule has 16 heavy (non-hydrogen) atoms. The SMILES string of the molecule is CCNCCOc1ccc(I)cc1[N+](=O)[O-]. The monoisotopic (exact) mass is 336 g/mol. The molecule has 0 aromatic heterocycles. The Labute approximate surface area is 107 Å². The van der Waals surface area contributed by atoms with Gasteiger partial charge in [-0.05, 0) is 41.3 Å². The Kier molecular flexibility index (Phi) is 5.47. The average Bonchev–Trinajstić information content (AvgIpc) is 2.26. The minimum Gasteiger partial charge on any atom is -0.485 e. The molecular formula is C10H13IN2O3. The number of likely N-dealkylation sites (N-methyl/N-ethyl adjacent to an activating group) is 1. The zero-order chi connectivity index (χ0) is 12.0. The molecule has 0 aliphatic rings. The van der Waals surface area contributed by atoms with Gasteiger partial charge in [0.25, 0.3) is 0 Å². The summed E-state index contributed by atoms with van der Waals surface area (Å²) in [5.74, 6) is 0.323. The van der Waals surface area contributed by atoms with Crippen LogP contribution in [0.1, 0.15) is 6.92 Å². The molecule has 88 valence electrons. The van der Waals surface area contributed by atoms with Crippen molar-refractivity contribution in [1.82, 2.24) is 5.32 Å². The van der Waals surface area contributed by atoms with E-state index in [9.17, 15) is 10.1 Å². The van der Waals surface area contributed by atoms with Gasteiger partial charge in [0.05, 0.1) is 4.92 Å². The van der Waals surface area contributed by atoms with Gasteiger partial charge < -0.3 is 10.1 Å². The number of nitro groups is 1. The molecule has 0 heterocycles. The summed E-state index contributed by atoms with van der Waals surface area (Å²) in [7, 11) is 0. The van der Waals surface area contributed by atoms with Crippen LogP contribution in [0.25, 0.3) is 0 Å². The second kappa shape index (κ2) is 6.64. The number of halogens is 1. The van der Waals surface area contributed by atoms with Crippen LogP contribution in [-0.4, -0.2) is 24.6 Å². The molecule has 0 bridgehead atoms. The maximum absolute atomic E-state index is 10.8. The van der Waals surface area contributed by atoms with Gasteiger partial charge >= 0.3 is 5.69 Å². The molecular weight excluding hydrogens is 323 g/mol. The summed E-state index contributed by atoms with van der Waals surface area (Å²) in [6.45, 7) is 3.96. The number of hydrogen-bond donors (Lipinski definition) is 1. The van der Waals surface area contributed by atoms with Crippen molar-refractivity contribution < 1.29 is 9.66 Å². The molecule has 0 unspecified atom stereocenters. The highest BCUT2D eigenvalue weighted by molar-refractivity contribution is 14.1. The van der Waals surface area contributed by atoms with Crippen LogP contribution in [0.4, 0.5) is 5.69 Å². The Bertz CT molecular complexity index is 371. The van der Waals surface area contributed by atoms with E-state index in [0.29, 0.717) is 18.9 Å². The van der Waals surface area contributed by atoms with E-state index in [2.05, 4.69) is 5.32 Å². The molecule has 0 saturated carbocycles. The molecule has 0 radical (unpaired) electrons. The van der Waals surface area contributed by atoms with Gasteiger partial charge in [0, 0.05) is 16.2 Å². The highest BCUT2D eigenvalue weighted by Gasteiger charge is 2.14. The number of nitrogens with zero attached hydrogens (tertiary/aromatic N) is 1. The fourth-order valence-electron chi connectivity index (χ4n) is 1.17. The van der Waals surface area contributed by atoms with Crippen LogP contribution < -0.4 is 10.1 Å². The molecule has 0 aliphatic carbocycles. The van der Waals surface area contributed by atoms with E-state index in [1.54, 1.807) is 12.1 Å². The molecule has 0 atom stereocenters. The third-order valence-electron chi connectivity index (χ3n) is 1.90. The summed E-state index contributed by atoms with van der Waals surface area (Å²) in [5, 5.41) is 13.9. The molecule has 0 fully saturated rings. The van der Waals surface area contributed by atoms with E-state index in [0.717, 1.165) is 10.1 Å². The number of nitro benzene ring substituents is 1. The molecule has 5 nitrogen and oxygen atoms in total. The number of nitrogens with one attached hydrogen (secondary N) is 1. The van der Waals surface area contributed by atoms with Crippen molar-refractivity contribution in [1.29, 1.82) is 0 Å². The first-order valence-electron chi connectivity index (χ1n) is 4.92. The standard InChI is InChI=1S/C10H13IN2O3/c1-2-12-5-6-16-10-4-3-8(11)7-9(10)13(14)15/h3-4,7,12H,2,5-6H2,1H3. The van der Waals surface area contributed by atoms with Crippen LogP contribution in [0.5, 0.6) is 5.75 Å². The Balaban J connectivity index is 2.67. The molecule has 1 rings (SSSR count). The van der Waals surface area contributed by atoms with Gasteiger partial charge in [-0.2, -0.15) is 0 Å². The van der Waals surface area contributed by atoms with E-state index < -0.39 is 4.92 Å². The topological polar surface area (TPSA) is 64.4 Å². The first kappa shape index (κ1) is 13.2. The average molecular weight is 336 g/mol. The van der Waals surface area contributed by atoms with Crippen LogP contribution in [0.2, 0.25) is 0 Å². The smallest absolute Gasteiger partial charge is 0.311 e. The fourth-order valence-corrected chi connectivity index (χ4v) is 1.64. The summed E-state index contributed by atoms with van der Waals surface area (Å²) in [6, 6.07) is 4.92. The van der Waals surface area contributed by atoms with E-state index in [1.807, 2.05) is 29.5 Å². The van der Waals surface area contributed by atoms with Crippen molar-refractivity contribution in [3.63, 3.8) is 0 Å². The lowest BCUT2D eigenvalue weighted by molar-refractivity contribution is -0.385. The van der Waals surface area contributed by atoms with Crippen molar-refractivity contribution in [3.8, 4) is 5.75 Å². The Morgan fingerprint density at radius 1 is 1.56 bits per heavy atom. The van der Waals surface area contributed by atoms with E-state index >= 15 is 0 Å². The van der Waals surface area contributed by atoms with Crippen LogP contribution in [0.15, 0.2) is 18.2 Å². The highest BCUT2D eigenvalue weighted by atomic mass is 127. The Morgan fingerprint density at radius 2 is 2.31 bits per heavy atom. The van der Waals surface area contributed by atoms with E-state index in [-0.39, 0.29) is 5.69 Å². The summed E-state index contributed by atoms with van der Waals surface area (Å²) in [6.07, 6.45) is 0. The second-order valence-electron chi connectivity index (χ2n) is 3.07. The maximum atomic E-state index is 10.8. The van der Waals surface area contributed by atoms with Crippen LogP contribution >= 0.6 is 22.6 Å². The summed E-state index contributed by atoms with van der Waals surface area (Å²) in [4.78, 5) is 10.3. The van der Waals surface area contributed by atoms with Crippen molar-refractivity contribution in [2.24, 2.45) is 0 Å². The Morgan fingerprint density at radius 3 is 2.94 bits per heavy atom. The Hall–Kier alpha value is -0.890. The molecule has 1 aromatic carbocycles. The quantitative estimate of drug-likeness (QED) is 0.374. The van der Waals surface area contributed by atoms with Crippen LogP contribution in [-0.2, 0) is 0 Å². The first-order valence-corrected chi connectivity index (χ1v) is 6.00. The van der Waals surface area contributed by atoms with Gasteiger partial charge in [0.15, 0.2) is 5.75 Å². The fraction of sp³-hybridized carbons (Fsp3) is 0.400. The van der Waals surface area contributed by atoms with Crippen molar-refractivity contribution >= 4 is 28.3 Å². The summed E-state index contributed by atoms with van der Waals surface area (Å²) < 4.78 is 6.17. The summed E-state index contributed by atoms with van der Waals surface area (Å²) in [5.41, 5.74) is 0.0170. The molecule has 0 saturated heterocycles.